The Hall–Kier alpha value is -0.650. The number of carbonyl (C=O) groups excluding carboxylic acids is 1. The van der Waals surface area contributed by atoms with Gasteiger partial charge < -0.3 is 20.3 Å². The molecule has 1 atom stereocenters. The van der Waals surface area contributed by atoms with E-state index in [2.05, 4.69) is 0 Å². The molecule has 0 aromatic heterocycles. The zero-order chi connectivity index (χ0) is 11.0. The van der Waals surface area contributed by atoms with Gasteiger partial charge in [-0.25, -0.2) is 0 Å². The van der Waals surface area contributed by atoms with Crippen molar-refractivity contribution < 1.29 is 19.4 Å². The Morgan fingerprint density at radius 1 is 1.43 bits per heavy atom. The molecule has 84 valence electrons. The van der Waals surface area contributed by atoms with Crippen LogP contribution in [0.15, 0.2) is 0 Å². The maximum Gasteiger partial charge on any atom is 0.323 e. The summed E-state index contributed by atoms with van der Waals surface area (Å²) >= 11 is 0. The predicted octanol–water partition coefficient (Wildman–Crippen LogP) is -0.336. The number of hydrogen-bond acceptors (Lipinski definition) is 5. The summed E-state index contributed by atoms with van der Waals surface area (Å²) < 4.78 is 9.97. The molecule has 0 bridgehead atoms. The number of aliphatic hydroxyl groups excluding tert-OH is 1. The zero-order valence-corrected chi connectivity index (χ0v) is 8.73. The van der Waals surface area contributed by atoms with Crippen LogP contribution in [0, 0.1) is 0 Å². The van der Waals surface area contributed by atoms with E-state index in [1.165, 1.54) is 0 Å². The van der Waals surface area contributed by atoms with Crippen LogP contribution in [0.3, 0.4) is 0 Å². The fourth-order valence-corrected chi connectivity index (χ4v) is 0.790. The molecule has 0 aliphatic carbocycles. The number of aliphatic hydroxyl groups is 1. The molecular formula is C9H19NO4. The molecule has 0 saturated heterocycles. The molecule has 0 unspecified atom stereocenters. The maximum absolute atomic E-state index is 11.1. The molecule has 0 aliphatic rings. The first-order valence-electron chi connectivity index (χ1n) is 4.72. The Labute approximate surface area is 84.2 Å². The Morgan fingerprint density at radius 2 is 2.07 bits per heavy atom. The van der Waals surface area contributed by atoms with E-state index < -0.39 is 12.0 Å². The lowest BCUT2D eigenvalue weighted by Gasteiger charge is -2.11. The molecule has 0 saturated carbocycles. The van der Waals surface area contributed by atoms with E-state index in [0.717, 1.165) is 0 Å². The molecule has 0 spiro atoms. The van der Waals surface area contributed by atoms with Crippen LogP contribution in [0.1, 0.15) is 20.3 Å². The lowest BCUT2D eigenvalue weighted by atomic mass is 10.2. The largest absolute Gasteiger partial charge is 0.462 e. The summed E-state index contributed by atoms with van der Waals surface area (Å²) in [4.78, 5) is 11.1. The Balaban J connectivity index is 3.44. The lowest BCUT2D eigenvalue weighted by Crippen LogP contribution is -2.33. The van der Waals surface area contributed by atoms with Crippen LogP contribution in [0.2, 0.25) is 0 Å². The third kappa shape index (κ3) is 6.82. The second-order valence-electron chi connectivity index (χ2n) is 3.21. The lowest BCUT2D eigenvalue weighted by molar-refractivity contribution is -0.147. The average molecular weight is 205 g/mol. The van der Waals surface area contributed by atoms with E-state index in [4.69, 9.17) is 20.3 Å². The summed E-state index contributed by atoms with van der Waals surface area (Å²) in [6.45, 7) is 4.27. The highest BCUT2D eigenvalue weighted by Crippen LogP contribution is 1.92. The number of esters is 1. The van der Waals surface area contributed by atoms with E-state index in [1.54, 1.807) is 0 Å². The summed E-state index contributed by atoms with van der Waals surface area (Å²) in [6.07, 6.45) is 0.351. The van der Waals surface area contributed by atoms with Gasteiger partial charge >= 0.3 is 5.97 Å². The summed E-state index contributed by atoms with van der Waals surface area (Å²) in [5.74, 6) is -0.494. The highest BCUT2D eigenvalue weighted by Gasteiger charge is 2.13. The number of carbonyl (C=O) groups is 1. The molecule has 0 amide bonds. The van der Waals surface area contributed by atoms with Crippen LogP contribution in [0.5, 0.6) is 0 Å². The van der Waals surface area contributed by atoms with Crippen LogP contribution < -0.4 is 5.73 Å². The first-order valence-corrected chi connectivity index (χ1v) is 4.72. The van der Waals surface area contributed by atoms with Crippen molar-refractivity contribution in [1.29, 1.82) is 0 Å². The van der Waals surface area contributed by atoms with E-state index in [0.29, 0.717) is 6.61 Å². The molecule has 5 nitrogen and oxygen atoms in total. The van der Waals surface area contributed by atoms with Gasteiger partial charge in [0.1, 0.15) is 12.6 Å². The molecule has 0 aromatic carbocycles. The Kier molecular flexibility index (Phi) is 7.37. The van der Waals surface area contributed by atoms with Crippen LogP contribution in [0.25, 0.3) is 0 Å². The van der Waals surface area contributed by atoms with Crippen molar-refractivity contribution in [2.24, 2.45) is 5.73 Å². The third-order valence-electron chi connectivity index (χ3n) is 1.52. The molecule has 14 heavy (non-hydrogen) atoms. The smallest absolute Gasteiger partial charge is 0.323 e. The molecule has 0 rings (SSSR count). The minimum absolute atomic E-state index is 0.112. The number of nitrogens with two attached hydrogens (primary N) is 1. The topological polar surface area (TPSA) is 81.8 Å². The van der Waals surface area contributed by atoms with Crippen molar-refractivity contribution in [2.75, 3.05) is 19.8 Å². The van der Waals surface area contributed by atoms with Gasteiger partial charge in [0.15, 0.2) is 0 Å². The van der Waals surface area contributed by atoms with Gasteiger partial charge in [-0.1, -0.05) is 0 Å². The van der Waals surface area contributed by atoms with Crippen molar-refractivity contribution in [3.8, 4) is 0 Å². The zero-order valence-electron chi connectivity index (χ0n) is 8.73. The minimum atomic E-state index is -0.737. The van der Waals surface area contributed by atoms with Gasteiger partial charge in [-0.15, -0.1) is 0 Å². The molecule has 0 heterocycles. The van der Waals surface area contributed by atoms with Crippen molar-refractivity contribution in [2.45, 2.75) is 32.4 Å². The highest BCUT2D eigenvalue weighted by atomic mass is 16.6. The highest BCUT2D eigenvalue weighted by molar-refractivity contribution is 5.75. The van der Waals surface area contributed by atoms with Crippen molar-refractivity contribution in [3.05, 3.63) is 0 Å². The van der Waals surface area contributed by atoms with Crippen molar-refractivity contribution in [3.63, 3.8) is 0 Å². The van der Waals surface area contributed by atoms with Gasteiger partial charge in [-0.2, -0.15) is 0 Å². The molecule has 0 aromatic rings. The number of hydrogen-bond donors (Lipinski definition) is 2. The third-order valence-corrected chi connectivity index (χ3v) is 1.52. The van der Waals surface area contributed by atoms with Gasteiger partial charge in [-0.05, 0) is 20.3 Å². The van der Waals surface area contributed by atoms with Crippen molar-refractivity contribution >= 4 is 5.97 Å². The monoisotopic (exact) mass is 205 g/mol. The van der Waals surface area contributed by atoms with Gasteiger partial charge in [0, 0.05) is 6.61 Å². The number of ether oxygens (including phenoxy) is 2. The van der Waals surface area contributed by atoms with E-state index >= 15 is 0 Å². The normalized spacial score (nSPS) is 12.9. The minimum Gasteiger partial charge on any atom is -0.462 e. The predicted molar refractivity (Wildman–Crippen MR) is 51.7 cm³/mol. The van der Waals surface area contributed by atoms with E-state index in [1.807, 2.05) is 13.8 Å². The van der Waals surface area contributed by atoms with Crippen molar-refractivity contribution in [1.82, 2.24) is 0 Å². The summed E-state index contributed by atoms with van der Waals surface area (Å²) in [5, 5.41) is 8.52. The van der Waals surface area contributed by atoms with Crippen LogP contribution in [0.4, 0.5) is 0 Å². The van der Waals surface area contributed by atoms with Gasteiger partial charge in [0.05, 0.1) is 12.7 Å². The van der Waals surface area contributed by atoms with Crippen LogP contribution in [-0.2, 0) is 14.3 Å². The molecule has 3 N–H and O–H groups in total. The fraction of sp³-hybridized carbons (Fsp3) is 0.889. The first kappa shape index (κ1) is 13.4. The summed E-state index contributed by atoms with van der Waals surface area (Å²) in [7, 11) is 0. The molecule has 0 radical (unpaired) electrons. The first-order chi connectivity index (χ1) is 6.57. The molecular weight excluding hydrogens is 186 g/mol. The average Bonchev–Trinajstić information content (AvgIpc) is 2.12. The summed E-state index contributed by atoms with van der Waals surface area (Å²) in [5.41, 5.74) is 5.39. The van der Waals surface area contributed by atoms with Crippen LogP contribution >= 0.6 is 0 Å². The second-order valence-corrected chi connectivity index (χ2v) is 3.21. The van der Waals surface area contributed by atoms with Gasteiger partial charge in [0.25, 0.3) is 0 Å². The van der Waals surface area contributed by atoms with E-state index in [9.17, 15) is 4.79 Å². The Morgan fingerprint density at radius 3 is 2.57 bits per heavy atom. The number of rotatable bonds is 7. The quantitative estimate of drug-likeness (QED) is 0.439. The molecule has 0 aliphatic heterocycles. The van der Waals surface area contributed by atoms with Gasteiger partial charge in [-0.3, -0.25) is 4.79 Å². The maximum atomic E-state index is 11.1. The SMILES string of the molecule is CC(C)OCCOC(=O)[C@@H](N)CCO. The molecule has 5 heteroatoms. The Bertz CT molecular complexity index is 161. The van der Waals surface area contributed by atoms with Gasteiger partial charge in [0.2, 0.25) is 0 Å². The van der Waals surface area contributed by atoms with E-state index in [-0.39, 0.29) is 25.7 Å². The second kappa shape index (κ2) is 7.73. The fourth-order valence-electron chi connectivity index (χ4n) is 0.790. The summed E-state index contributed by atoms with van der Waals surface area (Å²) in [6, 6.07) is -0.737. The van der Waals surface area contributed by atoms with Crippen LogP contribution in [-0.4, -0.2) is 43.0 Å². The molecule has 0 fully saturated rings. The standard InChI is InChI=1S/C9H19NO4/c1-7(2)13-5-6-14-9(12)8(10)3-4-11/h7-8,11H,3-6,10H2,1-2H3/t8-/m0/s1.